The van der Waals surface area contributed by atoms with Crippen molar-refractivity contribution in [2.75, 3.05) is 0 Å². The van der Waals surface area contributed by atoms with Gasteiger partial charge in [-0.3, -0.25) is 14.3 Å². The highest BCUT2D eigenvalue weighted by Gasteiger charge is 2.33. The molecular weight excluding hydrogens is 416 g/mol. The van der Waals surface area contributed by atoms with E-state index < -0.39 is 5.25 Å². The lowest BCUT2D eigenvalue weighted by Crippen LogP contribution is -2.12. The standard InChI is InChI=1S/C26H24N4OS/c1-17-5-9-19(10-6-17)23(31)24(20-11-7-18(2)8-12-20)32-26-29-28-25(30(26)22-13-14-22)21-4-3-15-27-16-21/h3-12,15-16,22,24H,13-14H2,1-2H3/t24-/m0/s1. The first kappa shape index (κ1) is 20.6. The van der Waals surface area contributed by atoms with Crippen molar-refractivity contribution >= 4 is 17.5 Å². The first-order chi connectivity index (χ1) is 15.6. The third-order valence-corrected chi connectivity index (χ3v) is 6.88. The molecule has 0 bridgehead atoms. The van der Waals surface area contributed by atoms with Crippen LogP contribution in [0.4, 0.5) is 0 Å². The van der Waals surface area contributed by atoms with E-state index in [0.717, 1.165) is 40.5 Å². The summed E-state index contributed by atoms with van der Waals surface area (Å²) in [4.78, 5) is 17.9. The van der Waals surface area contributed by atoms with Crippen molar-refractivity contribution in [3.05, 3.63) is 95.3 Å². The molecule has 2 aromatic carbocycles. The average Bonchev–Trinajstić information content (AvgIpc) is 3.58. The Morgan fingerprint density at radius 2 is 1.66 bits per heavy atom. The maximum Gasteiger partial charge on any atom is 0.192 e. The summed E-state index contributed by atoms with van der Waals surface area (Å²) in [5.74, 6) is 0.890. The number of nitrogens with zero attached hydrogens (tertiary/aromatic N) is 4. The molecule has 1 aliphatic rings. The predicted octanol–water partition coefficient (Wildman–Crippen LogP) is 6.01. The van der Waals surface area contributed by atoms with Gasteiger partial charge in [0.1, 0.15) is 5.25 Å². The Morgan fingerprint density at radius 1 is 0.969 bits per heavy atom. The molecule has 0 saturated heterocycles. The lowest BCUT2D eigenvalue weighted by Gasteiger charge is -2.17. The van der Waals surface area contributed by atoms with E-state index in [1.165, 1.54) is 17.3 Å². The Bertz CT molecular complexity index is 1230. The molecular formula is C26H24N4OS. The number of hydrogen-bond acceptors (Lipinski definition) is 5. The molecule has 0 amide bonds. The predicted molar refractivity (Wildman–Crippen MR) is 127 cm³/mol. The minimum Gasteiger partial charge on any atom is -0.299 e. The third-order valence-electron chi connectivity index (χ3n) is 5.67. The monoisotopic (exact) mass is 440 g/mol. The van der Waals surface area contributed by atoms with Crippen LogP contribution in [0, 0.1) is 13.8 Å². The van der Waals surface area contributed by atoms with Crippen molar-refractivity contribution < 1.29 is 4.79 Å². The number of carbonyl (C=O) groups is 1. The summed E-state index contributed by atoms with van der Waals surface area (Å²) in [5.41, 5.74) is 4.92. The molecule has 0 spiro atoms. The maximum atomic E-state index is 13.6. The van der Waals surface area contributed by atoms with Gasteiger partial charge in [0.25, 0.3) is 0 Å². The van der Waals surface area contributed by atoms with E-state index in [-0.39, 0.29) is 5.78 Å². The largest absolute Gasteiger partial charge is 0.299 e. The quantitative estimate of drug-likeness (QED) is 0.260. The highest BCUT2D eigenvalue weighted by molar-refractivity contribution is 8.00. The van der Waals surface area contributed by atoms with E-state index >= 15 is 0 Å². The van der Waals surface area contributed by atoms with Gasteiger partial charge in [0, 0.05) is 29.6 Å². The first-order valence-corrected chi connectivity index (χ1v) is 11.7. The average molecular weight is 441 g/mol. The van der Waals surface area contributed by atoms with Crippen LogP contribution in [0.5, 0.6) is 0 Å². The zero-order valence-electron chi connectivity index (χ0n) is 18.1. The van der Waals surface area contributed by atoms with E-state index in [1.807, 2.05) is 61.7 Å². The molecule has 1 saturated carbocycles. The number of carbonyl (C=O) groups excluding carboxylic acids is 1. The van der Waals surface area contributed by atoms with Crippen molar-refractivity contribution in [3.8, 4) is 11.4 Å². The van der Waals surface area contributed by atoms with Crippen LogP contribution in [0.3, 0.4) is 0 Å². The third kappa shape index (κ3) is 4.23. The first-order valence-electron chi connectivity index (χ1n) is 10.8. The summed E-state index contributed by atoms with van der Waals surface area (Å²) < 4.78 is 2.19. The van der Waals surface area contributed by atoms with Crippen molar-refractivity contribution in [2.45, 2.75) is 43.1 Å². The molecule has 0 aliphatic heterocycles. The molecule has 1 atom stereocenters. The normalized spacial score (nSPS) is 14.3. The summed E-state index contributed by atoms with van der Waals surface area (Å²) in [6.07, 6.45) is 5.76. The summed E-state index contributed by atoms with van der Waals surface area (Å²) in [6.45, 7) is 4.08. The second-order valence-electron chi connectivity index (χ2n) is 8.29. The van der Waals surface area contributed by atoms with Crippen LogP contribution >= 0.6 is 11.8 Å². The fourth-order valence-corrected chi connectivity index (χ4v) is 4.88. The SMILES string of the molecule is Cc1ccc(C(=O)[C@@H](Sc2nnc(-c3cccnc3)n2C2CC2)c2ccc(C)cc2)cc1. The molecule has 2 heterocycles. The minimum absolute atomic E-state index is 0.0760. The summed E-state index contributed by atoms with van der Waals surface area (Å²) in [5, 5.41) is 9.39. The number of ketones is 1. The molecule has 0 radical (unpaired) electrons. The van der Waals surface area contributed by atoms with Gasteiger partial charge in [-0.2, -0.15) is 0 Å². The van der Waals surface area contributed by atoms with E-state index in [4.69, 9.17) is 0 Å². The summed E-state index contributed by atoms with van der Waals surface area (Å²) in [6, 6.07) is 20.3. The molecule has 1 fully saturated rings. The number of rotatable bonds is 7. The zero-order chi connectivity index (χ0) is 22.1. The van der Waals surface area contributed by atoms with Crippen LogP contribution in [-0.4, -0.2) is 25.5 Å². The van der Waals surface area contributed by atoms with Gasteiger partial charge < -0.3 is 0 Å². The minimum atomic E-state index is -0.401. The van der Waals surface area contributed by atoms with Crippen molar-refractivity contribution in [3.63, 3.8) is 0 Å². The molecule has 5 rings (SSSR count). The Morgan fingerprint density at radius 3 is 2.28 bits per heavy atom. The van der Waals surface area contributed by atoms with E-state index in [0.29, 0.717) is 11.6 Å². The second-order valence-corrected chi connectivity index (χ2v) is 9.36. The van der Waals surface area contributed by atoms with Gasteiger partial charge in [-0.25, -0.2) is 0 Å². The maximum absolute atomic E-state index is 13.6. The van der Waals surface area contributed by atoms with Crippen LogP contribution in [0.1, 0.15) is 51.2 Å². The highest BCUT2D eigenvalue weighted by Crippen LogP contribution is 2.44. The lowest BCUT2D eigenvalue weighted by atomic mass is 10.0. The molecule has 0 N–H and O–H groups in total. The van der Waals surface area contributed by atoms with Crippen LogP contribution < -0.4 is 0 Å². The summed E-state index contributed by atoms with van der Waals surface area (Å²) >= 11 is 1.48. The smallest absolute Gasteiger partial charge is 0.192 e. The van der Waals surface area contributed by atoms with Crippen LogP contribution in [-0.2, 0) is 0 Å². The second kappa shape index (κ2) is 8.71. The number of thioether (sulfide) groups is 1. The molecule has 1 aliphatic carbocycles. The van der Waals surface area contributed by atoms with Gasteiger partial charge in [0.15, 0.2) is 16.8 Å². The number of benzene rings is 2. The number of pyridine rings is 1. The molecule has 6 heteroatoms. The summed E-state index contributed by atoms with van der Waals surface area (Å²) in [7, 11) is 0. The Hall–Kier alpha value is -3.25. The number of hydrogen-bond donors (Lipinski definition) is 0. The van der Waals surface area contributed by atoms with Crippen LogP contribution in [0.2, 0.25) is 0 Å². The van der Waals surface area contributed by atoms with E-state index in [2.05, 4.69) is 38.8 Å². The molecule has 32 heavy (non-hydrogen) atoms. The topological polar surface area (TPSA) is 60.7 Å². The number of aryl methyl sites for hydroxylation is 2. The molecule has 5 nitrogen and oxygen atoms in total. The lowest BCUT2D eigenvalue weighted by molar-refractivity contribution is 0.0989. The molecule has 4 aromatic rings. The Labute approximate surface area is 191 Å². The zero-order valence-corrected chi connectivity index (χ0v) is 18.9. The van der Waals surface area contributed by atoms with Crippen LogP contribution in [0.25, 0.3) is 11.4 Å². The number of aromatic nitrogens is 4. The molecule has 0 unspecified atom stereocenters. The van der Waals surface area contributed by atoms with Gasteiger partial charge in [-0.15, -0.1) is 10.2 Å². The Balaban J connectivity index is 1.54. The van der Waals surface area contributed by atoms with Gasteiger partial charge in [0.2, 0.25) is 0 Å². The molecule has 2 aromatic heterocycles. The van der Waals surface area contributed by atoms with Gasteiger partial charge in [-0.1, -0.05) is 71.4 Å². The van der Waals surface area contributed by atoms with Crippen LogP contribution in [0.15, 0.2) is 78.2 Å². The van der Waals surface area contributed by atoms with E-state index in [1.54, 1.807) is 6.20 Å². The van der Waals surface area contributed by atoms with Gasteiger partial charge in [0.05, 0.1) is 0 Å². The van der Waals surface area contributed by atoms with Crippen molar-refractivity contribution in [1.29, 1.82) is 0 Å². The van der Waals surface area contributed by atoms with E-state index in [9.17, 15) is 4.79 Å². The van der Waals surface area contributed by atoms with Crippen molar-refractivity contribution in [1.82, 2.24) is 19.7 Å². The highest BCUT2D eigenvalue weighted by atomic mass is 32.2. The molecule has 160 valence electrons. The fourth-order valence-electron chi connectivity index (χ4n) is 3.70. The Kier molecular flexibility index (Phi) is 5.62. The van der Waals surface area contributed by atoms with Gasteiger partial charge in [-0.05, 0) is 44.4 Å². The van der Waals surface area contributed by atoms with Gasteiger partial charge >= 0.3 is 0 Å². The number of Topliss-reactive ketones (excluding diaryl/α,β-unsaturated/α-hetero) is 1. The van der Waals surface area contributed by atoms with Crippen molar-refractivity contribution in [2.24, 2.45) is 0 Å². The fraction of sp³-hybridized carbons (Fsp3) is 0.231.